The Balaban J connectivity index is 1.67. The first-order chi connectivity index (χ1) is 14.0. The highest BCUT2D eigenvalue weighted by Gasteiger charge is 2.32. The second-order valence-electron chi connectivity index (χ2n) is 6.76. The number of aromatic nitrogens is 2. The third-order valence-corrected chi connectivity index (χ3v) is 5.78. The lowest BCUT2D eigenvalue weighted by Crippen LogP contribution is -2.30. The van der Waals surface area contributed by atoms with E-state index in [0.29, 0.717) is 22.3 Å². The van der Waals surface area contributed by atoms with Crippen LogP contribution in [-0.4, -0.2) is 31.8 Å². The summed E-state index contributed by atoms with van der Waals surface area (Å²) in [7, 11) is 0. The second kappa shape index (κ2) is 7.85. The zero-order chi connectivity index (χ0) is 20.5. The molecule has 1 fully saturated rings. The number of rotatable bonds is 4. The molecular weight excluding hydrogens is 415 g/mol. The Labute approximate surface area is 176 Å². The van der Waals surface area contributed by atoms with Crippen LogP contribution in [0.2, 0.25) is 10.0 Å². The molecule has 1 saturated heterocycles. The summed E-state index contributed by atoms with van der Waals surface area (Å²) in [4.78, 5) is 29.9. The van der Waals surface area contributed by atoms with E-state index in [1.807, 2.05) is 6.07 Å². The smallest absolute Gasteiger partial charge is 0.294 e. The van der Waals surface area contributed by atoms with Gasteiger partial charge in [-0.05, 0) is 42.7 Å². The number of nitrogens with zero attached hydrogens (tertiary/aromatic N) is 4. The van der Waals surface area contributed by atoms with Crippen LogP contribution in [0.15, 0.2) is 55.1 Å². The lowest BCUT2D eigenvalue weighted by Gasteiger charge is -2.25. The Bertz CT molecular complexity index is 1090. The number of likely N-dealkylation sites (tertiary alicyclic amines) is 1. The molecular formula is C20H16Cl2N4O3. The monoisotopic (exact) mass is 430 g/mol. The Morgan fingerprint density at radius 1 is 1.17 bits per heavy atom. The zero-order valence-electron chi connectivity index (χ0n) is 15.2. The molecule has 9 heteroatoms. The first kappa shape index (κ1) is 19.4. The number of nitro groups is 1. The van der Waals surface area contributed by atoms with Crippen molar-refractivity contribution in [1.29, 1.82) is 0 Å². The van der Waals surface area contributed by atoms with Gasteiger partial charge in [-0.1, -0.05) is 29.3 Å². The normalized spacial score (nSPS) is 16.2. The molecule has 0 N–H and O–H groups in total. The van der Waals surface area contributed by atoms with Gasteiger partial charge in [0, 0.05) is 30.6 Å². The number of amides is 1. The van der Waals surface area contributed by atoms with Gasteiger partial charge in [-0.3, -0.25) is 14.9 Å². The number of imidazole rings is 1. The molecule has 29 heavy (non-hydrogen) atoms. The van der Waals surface area contributed by atoms with E-state index in [1.165, 1.54) is 18.6 Å². The molecule has 1 aliphatic heterocycles. The third kappa shape index (κ3) is 3.71. The lowest BCUT2D eigenvalue weighted by molar-refractivity contribution is -0.384. The summed E-state index contributed by atoms with van der Waals surface area (Å²) in [6, 6.07) is 9.68. The fourth-order valence-corrected chi connectivity index (χ4v) is 3.97. The second-order valence-corrected chi connectivity index (χ2v) is 7.58. The molecule has 148 valence electrons. The Morgan fingerprint density at radius 3 is 2.69 bits per heavy atom. The lowest BCUT2D eigenvalue weighted by atomic mass is 10.0. The summed E-state index contributed by atoms with van der Waals surface area (Å²) in [5, 5.41) is 12.5. The number of benzene rings is 2. The summed E-state index contributed by atoms with van der Waals surface area (Å²) < 4.78 is 1.54. The molecule has 0 radical (unpaired) electrons. The van der Waals surface area contributed by atoms with Gasteiger partial charge in [-0.25, -0.2) is 4.98 Å². The zero-order valence-corrected chi connectivity index (χ0v) is 16.7. The molecule has 1 aliphatic rings. The van der Waals surface area contributed by atoms with Crippen molar-refractivity contribution >= 4 is 34.8 Å². The van der Waals surface area contributed by atoms with Crippen LogP contribution in [0.3, 0.4) is 0 Å². The fourth-order valence-electron chi connectivity index (χ4n) is 3.66. The molecule has 1 unspecified atom stereocenters. The van der Waals surface area contributed by atoms with Crippen molar-refractivity contribution in [3.8, 4) is 5.69 Å². The summed E-state index contributed by atoms with van der Waals surface area (Å²) >= 11 is 12.1. The Hall–Kier alpha value is -2.90. The first-order valence-corrected chi connectivity index (χ1v) is 9.74. The molecule has 0 aliphatic carbocycles. The van der Waals surface area contributed by atoms with E-state index in [0.717, 1.165) is 18.4 Å². The highest BCUT2D eigenvalue weighted by Crippen LogP contribution is 2.36. The fraction of sp³-hybridized carbons (Fsp3) is 0.200. The number of hydrogen-bond acceptors (Lipinski definition) is 4. The van der Waals surface area contributed by atoms with Crippen LogP contribution in [0.1, 0.15) is 34.8 Å². The standard InChI is InChI=1S/C20H16Cl2N4O3/c21-15-5-3-13(10-16(15)22)17-2-1-8-25(17)20(27)14-4-6-18(19(11-14)26(28)29)24-9-7-23-12-24/h3-7,9-12,17H,1-2,8H2. The number of carbonyl (C=O) groups excluding carboxylic acids is 1. The number of carbonyl (C=O) groups is 1. The average Bonchev–Trinajstić information content (AvgIpc) is 3.41. The van der Waals surface area contributed by atoms with Gasteiger partial charge >= 0.3 is 0 Å². The molecule has 7 nitrogen and oxygen atoms in total. The van der Waals surface area contributed by atoms with E-state index >= 15 is 0 Å². The predicted molar refractivity (Wildman–Crippen MR) is 110 cm³/mol. The molecule has 0 saturated carbocycles. The van der Waals surface area contributed by atoms with Crippen molar-refractivity contribution in [3.05, 3.63) is 86.4 Å². The van der Waals surface area contributed by atoms with E-state index in [-0.39, 0.29) is 23.2 Å². The van der Waals surface area contributed by atoms with Crippen molar-refractivity contribution in [2.75, 3.05) is 6.54 Å². The van der Waals surface area contributed by atoms with Gasteiger partial charge in [0.25, 0.3) is 11.6 Å². The van der Waals surface area contributed by atoms with Crippen LogP contribution in [0.4, 0.5) is 5.69 Å². The average molecular weight is 431 g/mol. The van der Waals surface area contributed by atoms with Gasteiger partial charge < -0.3 is 9.47 Å². The minimum Gasteiger partial charge on any atom is -0.332 e. The topological polar surface area (TPSA) is 81.3 Å². The number of hydrogen-bond donors (Lipinski definition) is 0. The van der Waals surface area contributed by atoms with Crippen molar-refractivity contribution < 1.29 is 9.72 Å². The van der Waals surface area contributed by atoms with Crippen LogP contribution in [0.5, 0.6) is 0 Å². The highest BCUT2D eigenvalue weighted by molar-refractivity contribution is 6.42. The van der Waals surface area contributed by atoms with Crippen LogP contribution in [-0.2, 0) is 0 Å². The van der Waals surface area contributed by atoms with Crippen molar-refractivity contribution in [2.24, 2.45) is 0 Å². The molecule has 2 heterocycles. The molecule has 4 rings (SSSR count). The van der Waals surface area contributed by atoms with Crippen LogP contribution < -0.4 is 0 Å². The maximum atomic E-state index is 13.2. The SMILES string of the molecule is O=C(c1ccc(-n2ccnc2)c([N+](=O)[O-])c1)N1CCCC1c1ccc(Cl)c(Cl)c1. The number of nitro benzene ring substituents is 1. The summed E-state index contributed by atoms with van der Waals surface area (Å²) in [6.45, 7) is 0.570. The summed E-state index contributed by atoms with van der Waals surface area (Å²) in [5.41, 5.74) is 1.37. The van der Waals surface area contributed by atoms with Crippen LogP contribution in [0.25, 0.3) is 5.69 Å². The quantitative estimate of drug-likeness (QED) is 0.427. The molecule has 1 aromatic heterocycles. The van der Waals surface area contributed by atoms with E-state index in [4.69, 9.17) is 23.2 Å². The van der Waals surface area contributed by atoms with Crippen molar-refractivity contribution in [3.63, 3.8) is 0 Å². The molecule has 2 aromatic carbocycles. The molecule has 3 aromatic rings. The van der Waals surface area contributed by atoms with Gasteiger partial charge in [-0.2, -0.15) is 0 Å². The van der Waals surface area contributed by atoms with Crippen LogP contribution >= 0.6 is 23.2 Å². The van der Waals surface area contributed by atoms with Gasteiger partial charge in [0.15, 0.2) is 0 Å². The van der Waals surface area contributed by atoms with E-state index in [9.17, 15) is 14.9 Å². The summed E-state index contributed by atoms with van der Waals surface area (Å²) in [5.74, 6) is -0.251. The molecule has 0 spiro atoms. The molecule has 1 amide bonds. The van der Waals surface area contributed by atoms with Crippen LogP contribution in [0, 0.1) is 10.1 Å². The van der Waals surface area contributed by atoms with Crippen molar-refractivity contribution in [1.82, 2.24) is 14.5 Å². The molecule has 1 atom stereocenters. The van der Waals surface area contributed by atoms with Crippen molar-refractivity contribution in [2.45, 2.75) is 18.9 Å². The van der Waals surface area contributed by atoms with Gasteiger partial charge in [-0.15, -0.1) is 0 Å². The maximum Gasteiger partial charge on any atom is 0.294 e. The van der Waals surface area contributed by atoms with E-state index < -0.39 is 4.92 Å². The van der Waals surface area contributed by atoms with E-state index in [2.05, 4.69) is 4.98 Å². The predicted octanol–water partition coefficient (Wildman–Crippen LogP) is 5.06. The van der Waals surface area contributed by atoms with Gasteiger partial charge in [0.1, 0.15) is 5.69 Å². The van der Waals surface area contributed by atoms with E-state index in [1.54, 1.807) is 39.9 Å². The molecule has 0 bridgehead atoms. The summed E-state index contributed by atoms with van der Waals surface area (Å²) in [6.07, 6.45) is 6.26. The first-order valence-electron chi connectivity index (χ1n) is 8.98. The Morgan fingerprint density at radius 2 is 2.00 bits per heavy atom. The Kier molecular flexibility index (Phi) is 5.25. The highest BCUT2D eigenvalue weighted by atomic mass is 35.5. The largest absolute Gasteiger partial charge is 0.332 e. The minimum atomic E-state index is -0.494. The maximum absolute atomic E-state index is 13.2. The van der Waals surface area contributed by atoms with Gasteiger partial charge in [0.2, 0.25) is 0 Å². The third-order valence-electron chi connectivity index (χ3n) is 5.04. The number of halogens is 2. The van der Waals surface area contributed by atoms with Gasteiger partial charge in [0.05, 0.1) is 27.3 Å². The minimum absolute atomic E-state index is 0.148.